The average Bonchev–Trinajstić information content (AvgIpc) is 2.54. The first kappa shape index (κ1) is 22.2. The number of ether oxygens (including phenoxy) is 1. The molecule has 0 rings (SSSR count). The highest BCUT2D eigenvalue weighted by Crippen LogP contribution is 2.17. The Morgan fingerprint density at radius 2 is 1.35 bits per heavy atom. The van der Waals surface area contributed by atoms with Gasteiger partial charge in [-0.3, -0.25) is 0 Å². The number of hydrogen-bond donors (Lipinski definition) is 0. The largest absolute Gasteiger partial charge is 0.462 e. The third-order valence-corrected chi connectivity index (χ3v) is 4.59. The van der Waals surface area contributed by atoms with Gasteiger partial charge in [0, 0.05) is 5.57 Å². The lowest BCUT2D eigenvalue weighted by atomic mass is 9.98. The van der Waals surface area contributed by atoms with Crippen molar-refractivity contribution in [3.05, 3.63) is 12.2 Å². The van der Waals surface area contributed by atoms with E-state index in [1.165, 1.54) is 77.0 Å². The van der Waals surface area contributed by atoms with Gasteiger partial charge in [0.15, 0.2) is 0 Å². The molecule has 0 aromatic carbocycles. The van der Waals surface area contributed by atoms with Crippen molar-refractivity contribution < 1.29 is 9.53 Å². The van der Waals surface area contributed by atoms with Crippen LogP contribution < -0.4 is 0 Å². The maximum atomic E-state index is 11.4. The lowest BCUT2D eigenvalue weighted by Crippen LogP contribution is -2.14. The molecule has 136 valence electrons. The van der Waals surface area contributed by atoms with Gasteiger partial charge < -0.3 is 4.74 Å². The van der Waals surface area contributed by atoms with Gasteiger partial charge >= 0.3 is 5.97 Å². The molecule has 0 aromatic heterocycles. The summed E-state index contributed by atoms with van der Waals surface area (Å²) in [7, 11) is 0. The maximum absolute atomic E-state index is 11.4. The molecule has 2 heteroatoms. The fourth-order valence-electron chi connectivity index (χ4n) is 2.82. The molecule has 0 heterocycles. The number of rotatable bonds is 16. The summed E-state index contributed by atoms with van der Waals surface area (Å²) in [5.41, 5.74) is 0.495. The van der Waals surface area contributed by atoms with Crippen LogP contribution in [0.1, 0.15) is 104 Å². The van der Waals surface area contributed by atoms with Crippen LogP contribution in [0.2, 0.25) is 0 Å². The lowest BCUT2D eigenvalue weighted by molar-refractivity contribution is -0.140. The second-order valence-corrected chi connectivity index (χ2v) is 6.98. The monoisotopic (exact) mass is 324 g/mol. The van der Waals surface area contributed by atoms with Crippen LogP contribution in [0, 0.1) is 5.92 Å². The lowest BCUT2D eigenvalue weighted by Gasteiger charge is -2.15. The van der Waals surface area contributed by atoms with E-state index in [4.69, 9.17) is 4.74 Å². The molecule has 0 aromatic rings. The van der Waals surface area contributed by atoms with Crippen LogP contribution in [-0.2, 0) is 9.53 Å². The van der Waals surface area contributed by atoms with Crippen LogP contribution in [0.4, 0.5) is 0 Å². The van der Waals surface area contributed by atoms with Crippen molar-refractivity contribution in [1.29, 1.82) is 0 Å². The predicted octanol–water partition coefficient (Wildman–Crippen LogP) is 6.83. The third kappa shape index (κ3) is 14.5. The smallest absolute Gasteiger partial charge is 0.333 e. The van der Waals surface area contributed by atoms with Gasteiger partial charge in [0.2, 0.25) is 0 Å². The van der Waals surface area contributed by atoms with Gasteiger partial charge in [-0.1, -0.05) is 97.5 Å². The second kappa shape index (κ2) is 16.1. The summed E-state index contributed by atoms with van der Waals surface area (Å²) in [5, 5.41) is 0. The predicted molar refractivity (Wildman–Crippen MR) is 101 cm³/mol. The number of carbonyl (C=O) groups is 1. The van der Waals surface area contributed by atoms with Gasteiger partial charge in [-0.05, 0) is 19.3 Å². The maximum Gasteiger partial charge on any atom is 0.333 e. The minimum atomic E-state index is -0.248. The molecule has 0 aliphatic rings. The second-order valence-electron chi connectivity index (χ2n) is 6.98. The van der Waals surface area contributed by atoms with Crippen LogP contribution in [0.3, 0.4) is 0 Å². The topological polar surface area (TPSA) is 26.3 Å². The molecule has 0 aliphatic carbocycles. The van der Waals surface area contributed by atoms with E-state index < -0.39 is 0 Å². The van der Waals surface area contributed by atoms with Crippen molar-refractivity contribution >= 4 is 5.97 Å². The number of carbonyl (C=O) groups excluding carboxylic acids is 1. The molecule has 2 nitrogen and oxygen atoms in total. The molecule has 0 aliphatic heterocycles. The van der Waals surface area contributed by atoms with Crippen molar-refractivity contribution in [1.82, 2.24) is 0 Å². The Labute approximate surface area is 145 Å². The zero-order valence-corrected chi connectivity index (χ0v) is 16.0. The number of unbranched alkanes of at least 4 members (excludes halogenated alkanes) is 10. The molecule has 0 radical (unpaired) electrons. The standard InChI is InChI=1S/C21H40O2/c1-5-7-8-9-10-11-12-13-14-15-16-17-20(6-2)18-23-21(22)19(3)4/h20H,3,5-18H2,1-2,4H3. The molecule has 23 heavy (non-hydrogen) atoms. The molecule has 0 amide bonds. The van der Waals surface area contributed by atoms with E-state index in [2.05, 4.69) is 20.4 Å². The first-order valence-electron chi connectivity index (χ1n) is 9.94. The summed E-state index contributed by atoms with van der Waals surface area (Å²) in [6, 6.07) is 0. The van der Waals surface area contributed by atoms with Crippen LogP contribution >= 0.6 is 0 Å². The van der Waals surface area contributed by atoms with Crippen LogP contribution in [0.25, 0.3) is 0 Å². The number of hydrogen-bond acceptors (Lipinski definition) is 2. The van der Waals surface area contributed by atoms with Crippen molar-refractivity contribution in [2.24, 2.45) is 5.92 Å². The SMILES string of the molecule is C=C(C)C(=O)OCC(CC)CCCCCCCCCCCCC. The Morgan fingerprint density at radius 3 is 1.78 bits per heavy atom. The fraction of sp³-hybridized carbons (Fsp3) is 0.857. The van der Waals surface area contributed by atoms with E-state index in [0.29, 0.717) is 18.1 Å². The van der Waals surface area contributed by atoms with E-state index in [1.54, 1.807) is 6.92 Å². The van der Waals surface area contributed by atoms with Gasteiger partial charge in [0.25, 0.3) is 0 Å². The fourth-order valence-corrected chi connectivity index (χ4v) is 2.82. The molecule has 0 spiro atoms. The van der Waals surface area contributed by atoms with Crippen molar-refractivity contribution in [2.45, 2.75) is 104 Å². The minimum Gasteiger partial charge on any atom is -0.462 e. The van der Waals surface area contributed by atoms with E-state index in [1.807, 2.05) is 0 Å². The zero-order valence-electron chi connectivity index (χ0n) is 16.0. The van der Waals surface area contributed by atoms with E-state index in [9.17, 15) is 4.79 Å². The average molecular weight is 325 g/mol. The van der Waals surface area contributed by atoms with Gasteiger partial charge in [-0.15, -0.1) is 0 Å². The van der Waals surface area contributed by atoms with Gasteiger partial charge in [-0.25, -0.2) is 4.79 Å². The molecule has 0 saturated heterocycles. The molecule has 1 unspecified atom stereocenters. The third-order valence-electron chi connectivity index (χ3n) is 4.59. The quantitative estimate of drug-likeness (QED) is 0.177. The molecule has 0 bridgehead atoms. The Bertz CT molecular complexity index is 296. The Kier molecular flexibility index (Phi) is 15.5. The van der Waals surface area contributed by atoms with Gasteiger partial charge in [-0.2, -0.15) is 0 Å². The number of esters is 1. The van der Waals surface area contributed by atoms with E-state index in [-0.39, 0.29) is 5.97 Å². The minimum absolute atomic E-state index is 0.248. The first-order chi connectivity index (χ1) is 11.1. The van der Waals surface area contributed by atoms with Crippen LogP contribution in [0.5, 0.6) is 0 Å². The zero-order chi connectivity index (χ0) is 17.3. The normalized spacial score (nSPS) is 12.1. The van der Waals surface area contributed by atoms with Gasteiger partial charge in [0.05, 0.1) is 6.61 Å². The molecule has 1 atom stereocenters. The Hall–Kier alpha value is -0.790. The van der Waals surface area contributed by atoms with E-state index >= 15 is 0 Å². The highest BCUT2D eigenvalue weighted by atomic mass is 16.5. The van der Waals surface area contributed by atoms with E-state index in [0.717, 1.165) is 6.42 Å². The van der Waals surface area contributed by atoms with Gasteiger partial charge in [0.1, 0.15) is 0 Å². The molecule has 0 saturated carbocycles. The first-order valence-corrected chi connectivity index (χ1v) is 9.94. The highest BCUT2D eigenvalue weighted by molar-refractivity contribution is 5.86. The highest BCUT2D eigenvalue weighted by Gasteiger charge is 2.10. The summed E-state index contributed by atoms with van der Waals surface area (Å²) in [6.45, 7) is 10.3. The summed E-state index contributed by atoms with van der Waals surface area (Å²) in [5.74, 6) is 0.263. The van der Waals surface area contributed by atoms with Crippen molar-refractivity contribution in [2.75, 3.05) is 6.61 Å². The summed E-state index contributed by atoms with van der Waals surface area (Å²) in [6.07, 6.45) is 17.4. The van der Waals surface area contributed by atoms with Crippen LogP contribution in [-0.4, -0.2) is 12.6 Å². The molecular formula is C21H40O2. The summed E-state index contributed by atoms with van der Waals surface area (Å²) >= 11 is 0. The van der Waals surface area contributed by atoms with Crippen LogP contribution in [0.15, 0.2) is 12.2 Å². The Balaban J connectivity index is 3.40. The summed E-state index contributed by atoms with van der Waals surface area (Å²) < 4.78 is 5.27. The molecular weight excluding hydrogens is 284 g/mol. The summed E-state index contributed by atoms with van der Waals surface area (Å²) in [4.78, 5) is 11.4. The van der Waals surface area contributed by atoms with Crippen molar-refractivity contribution in [3.8, 4) is 0 Å². The molecule has 0 fully saturated rings. The Morgan fingerprint density at radius 1 is 0.870 bits per heavy atom. The van der Waals surface area contributed by atoms with Crippen molar-refractivity contribution in [3.63, 3.8) is 0 Å². The molecule has 0 N–H and O–H groups in total.